The Labute approximate surface area is 216 Å². The summed E-state index contributed by atoms with van der Waals surface area (Å²) >= 11 is 0. The van der Waals surface area contributed by atoms with Crippen LogP contribution in [0.15, 0.2) is 27.8 Å². The van der Waals surface area contributed by atoms with Gasteiger partial charge in [0.25, 0.3) is 11.5 Å². The molecule has 204 valence electrons. The summed E-state index contributed by atoms with van der Waals surface area (Å²) in [7, 11) is 1.47. The standard InChI is InChI=1S/C26H38N4O7/c1-6-8-13-29(22-23(27)30(12-7-2)26(34)28-24(22)32)21(31)16-37-25(33)18-9-10-19(20(15-18)35-5)36-14-11-17(3)4/h9-10,15,17H,6-8,11-14,16,27H2,1-5H3,(H,28,32,34). The molecule has 0 aliphatic rings. The summed E-state index contributed by atoms with van der Waals surface area (Å²) in [5.74, 6) is -0.139. The molecule has 0 unspecified atom stereocenters. The number of amides is 1. The van der Waals surface area contributed by atoms with Gasteiger partial charge < -0.3 is 24.8 Å². The van der Waals surface area contributed by atoms with Crippen LogP contribution in [0.2, 0.25) is 0 Å². The number of esters is 1. The van der Waals surface area contributed by atoms with Gasteiger partial charge in [0.15, 0.2) is 23.8 Å². The van der Waals surface area contributed by atoms with E-state index in [0.29, 0.717) is 36.9 Å². The molecule has 0 bridgehead atoms. The Morgan fingerprint density at radius 2 is 1.86 bits per heavy atom. The van der Waals surface area contributed by atoms with Crippen LogP contribution >= 0.6 is 0 Å². The first-order valence-electron chi connectivity index (χ1n) is 12.5. The van der Waals surface area contributed by atoms with Crippen LogP contribution in [0.4, 0.5) is 11.5 Å². The SMILES string of the molecule is CCCCN(C(=O)COC(=O)c1ccc(OCCC(C)C)c(OC)c1)c1c(N)n(CCC)c(=O)[nH]c1=O. The fraction of sp³-hybridized carbons (Fsp3) is 0.538. The van der Waals surface area contributed by atoms with Crippen molar-refractivity contribution in [3.8, 4) is 11.5 Å². The van der Waals surface area contributed by atoms with Gasteiger partial charge >= 0.3 is 11.7 Å². The van der Waals surface area contributed by atoms with Crippen molar-refractivity contribution >= 4 is 23.4 Å². The topological polar surface area (TPSA) is 146 Å². The molecule has 0 radical (unpaired) electrons. The number of unbranched alkanes of at least 4 members (excludes halogenated alkanes) is 1. The molecule has 11 nitrogen and oxygen atoms in total. The maximum absolute atomic E-state index is 13.1. The van der Waals surface area contributed by atoms with E-state index in [4.69, 9.17) is 19.9 Å². The smallest absolute Gasteiger partial charge is 0.338 e. The van der Waals surface area contributed by atoms with Crippen molar-refractivity contribution in [3.63, 3.8) is 0 Å². The zero-order chi connectivity index (χ0) is 27.5. The van der Waals surface area contributed by atoms with Crippen molar-refractivity contribution < 1.29 is 23.8 Å². The highest BCUT2D eigenvalue weighted by Gasteiger charge is 2.25. The number of benzene rings is 1. The van der Waals surface area contributed by atoms with E-state index in [9.17, 15) is 19.2 Å². The van der Waals surface area contributed by atoms with Crippen LogP contribution in [0.25, 0.3) is 0 Å². The van der Waals surface area contributed by atoms with Crippen molar-refractivity contribution in [3.05, 3.63) is 44.6 Å². The monoisotopic (exact) mass is 518 g/mol. The molecule has 3 N–H and O–H groups in total. The fourth-order valence-corrected chi connectivity index (χ4v) is 3.57. The second kappa shape index (κ2) is 14.1. The Morgan fingerprint density at radius 1 is 1.14 bits per heavy atom. The second-order valence-corrected chi connectivity index (χ2v) is 9.02. The Balaban J connectivity index is 2.21. The van der Waals surface area contributed by atoms with Gasteiger partial charge in [-0.3, -0.25) is 19.1 Å². The Kier molecular flexibility index (Phi) is 11.2. The Bertz CT molecular complexity index is 1190. The number of rotatable bonds is 14. The molecule has 1 aromatic carbocycles. The van der Waals surface area contributed by atoms with E-state index >= 15 is 0 Å². The lowest BCUT2D eigenvalue weighted by Gasteiger charge is -2.24. The molecule has 11 heteroatoms. The van der Waals surface area contributed by atoms with Gasteiger partial charge in [-0.15, -0.1) is 0 Å². The maximum Gasteiger partial charge on any atom is 0.338 e. The van der Waals surface area contributed by atoms with Gasteiger partial charge in [-0.1, -0.05) is 34.1 Å². The highest BCUT2D eigenvalue weighted by molar-refractivity contribution is 5.98. The molecule has 0 atom stereocenters. The summed E-state index contributed by atoms with van der Waals surface area (Å²) in [5, 5.41) is 0. The van der Waals surface area contributed by atoms with Crippen LogP contribution in [-0.4, -0.2) is 48.3 Å². The van der Waals surface area contributed by atoms with Gasteiger partial charge in [-0.2, -0.15) is 0 Å². The number of H-pyrrole nitrogens is 1. The number of nitrogens with two attached hydrogens (primary N) is 1. The van der Waals surface area contributed by atoms with E-state index in [1.54, 1.807) is 6.07 Å². The first-order valence-corrected chi connectivity index (χ1v) is 12.5. The molecule has 2 aromatic rings. The summed E-state index contributed by atoms with van der Waals surface area (Å²) in [6, 6.07) is 4.62. The van der Waals surface area contributed by atoms with E-state index in [2.05, 4.69) is 18.8 Å². The molecular weight excluding hydrogens is 480 g/mol. The summed E-state index contributed by atoms with van der Waals surface area (Å²) in [5.41, 5.74) is 4.76. The van der Waals surface area contributed by atoms with Crippen molar-refractivity contribution in [1.82, 2.24) is 9.55 Å². The number of methoxy groups -OCH3 is 1. The molecule has 0 saturated heterocycles. The normalized spacial score (nSPS) is 10.9. The van der Waals surface area contributed by atoms with Crippen LogP contribution in [0.5, 0.6) is 11.5 Å². The molecule has 0 spiro atoms. The number of anilines is 2. The molecule has 0 aliphatic heterocycles. The van der Waals surface area contributed by atoms with Gasteiger partial charge in [0.1, 0.15) is 5.82 Å². The number of carbonyl (C=O) groups excluding carboxylic acids is 2. The van der Waals surface area contributed by atoms with Gasteiger partial charge in [0.05, 0.1) is 19.3 Å². The highest BCUT2D eigenvalue weighted by atomic mass is 16.5. The minimum Gasteiger partial charge on any atom is -0.493 e. The lowest BCUT2D eigenvalue weighted by Crippen LogP contribution is -2.43. The highest BCUT2D eigenvalue weighted by Crippen LogP contribution is 2.29. The number of hydrogen-bond acceptors (Lipinski definition) is 8. The molecule has 0 saturated carbocycles. The Morgan fingerprint density at radius 3 is 2.49 bits per heavy atom. The van der Waals surface area contributed by atoms with Gasteiger partial charge in [0.2, 0.25) is 0 Å². The molecule has 2 rings (SSSR count). The minimum atomic E-state index is -0.775. The molecule has 1 heterocycles. The largest absolute Gasteiger partial charge is 0.493 e. The predicted molar refractivity (Wildman–Crippen MR) is 142 cm³/mol. The average Bonchev–Trinajstić information content (AvgIpc) is 2.86. The molecule has 0 fully saturated rings. The van der Waals surface area contributed by atoms with E-state index in [0.717, 1.165) is 12.8 Å². The van der Waals surface area contributed by atoms with Gasteiger partial charge in [-0.25, -0.2) is 9.59 Å². The first-order chi connectivity index (χ1) is 17.6. The van der Waals surface area contributed by atoms with Crippen molar-refractivity contribution in [2.75, 3.05) is 37.5 Å². The third kappa shape index (κ3) is 7.86. The van der Waals surface area contributed by atoms with Crippen molar-refractivity contribution in [1.29, 1.82) is 0 Å². The average molecular weight is 519 g/mol. The lowest BCUT2D eigenvalue weighted by molar-refractivity contribution is -0.121. The quantitative estimate of drug-likeness (QED) is 0.363. The van der Waals surface area contributed by atoms with E-state index in [1.807, 2.05) is 13.8 Å². The van der Waals surface area contributed by atoms with E-state index in [1.165, 1.54) is 28.7 Å². The zero-order valence-electron chi connectivity index (χ0n) is 22.3. The molecule has 37 heavy (non-hydrogen) atoms. The summed E-state index contributed by atoms with van der Waals surface area (Å²) in [6.07, 6.45) is 2.77. The first kappa shape index (κ1) is 29.5. The summed E-state index contributed by atoms with van der Waals surface area (Å²) < 4.78 is 17.6. The number of carbonyl (C=O) groups is 2. The zero-order valence-corrected chi connectivity index (χ0v) is 22.3. The third-order valence-corrected chi connectivity index (χ3v) is 5.65. The number of nitrogens with one attached hydrogen (secondary N) is 1. The number of nitrogens with zero attached hydrogens (tertiary/aromatic N) is 2. The van der Waals surface area contributed by atoms with Crippen molar-refractivity contribution in [2.45, 2.75) is 59.9 Å². The number of aromatic amines is 1. The van der Waals surface area contributed by atoms with Gasteiger partial charge in [0, 0.05) is 13.1 Å². The van der Waals surface area contributed by atoms with Crippen LogP contribution < -0.4 is 31.4 Å². The molecule has 1 aromatic heterocycles. The van der Waals surface area contributed by atoms with E-state index < -0.39 is 29.7 Å². The second-order valence-electron chi connectivity index (χ2n) is 9.02. The lowest BCUT2D eigenvalue weighted by atomic mass is 10.1. The van der Waals surface area contributed by atoms with Crippen LogP contribution in [0.3, 0.4) is 0 Å². The number of ether oxygens (including phenoxy) is 3. The van der Waals surface area contributed by atoms with Crippen LogP contribution in [0, 0.1) is 5.92 Å². The fourth-order valence-electron chi connectivity index (χ4n) is 3.57. The summed E-state index contributed by atoms with van der Waals surface area (Å²) in [6.45, 7) is 8.30. The van der Waals surface area contributed by atoms with Gasteiger partial charge in [-0.05, 0) is 43.4 Å². The number of aromatic nitrogens is 2. The predicted octanol–water partition coefficient (Wildman–Crippen LogP) is 2.95. The minimum absolute atomic E-state index is 0.107. The number of hydrogen-bond donors (Lipinski definition) is 2. The van der Waals surface area contributed by atoms with E-state index in [-0.39, 0.29) is 30.2 Å². The van der Waals surface area contributed by atoms with Crippen LogP contribution in [-0.2, 0) is 16.1 Å². The Hall–Kier alpha value is -3.76. The third-order valence-electron chi connectivity index (χ3n) is 5.65. The number of nitrogen functional groups attached to an aromatic ring is 1. The van der Waals surface area contributed by atoms with Crippen molar-refractivity contribution in [2.24, 2.45) is 5.92 Å². The summed E-state index contributed by atoms with van der Waals surface area (Å²) in [4.78, 5) is 54.0. The molecule has 0 aliphatic carbocycles. The molecular formula is C26H38N4O7. The maximum atomic E-state index is 13.1. The van der Waals surface area contributed by atoms with Crippen LogP contribution in [0.1, 0.15) is 63.7 Å². The molecule has 1 amide bonds.